The molecule has 2 aromatic rings. The molecule has 25 heavy (non-hydrogen) atoms. The molecule has 0 radical (unpaired) electrons. The standard InChI is InChI=1S/C18H19F3N2O2/c1-17(2,3)22-16(25)13-6-4-5-12(9-13)10-23-11-14(18(19,20)21)7-8-15(23)24/h4-9,11H,10H2,1-3H3,(H,22,25). The lowest BCUT2D eigenvalue weighted by Crippen LogP contribution is -2.40. The highest BCUT2D eigenvalue weighted by atomic mass is 19.4. The third kappa shape index (κ3) is 5.20. The maximum atomic E-state index is 12.8. The first kappa shape index (κ1) is 18.8. The molecule has 7 heteroatoms. The van der Waals surface area contributed by atoms with Crippen LogP contribution in [-0.2, 0) is 12.7 Å². The van der Waals surface area contributed by atoms with Gasteiger partial charge in [-0.2, -0.15) is 13.2 Å². The van der Waals surface area contributed by atoms with E-state index in [-0.39, 0.29) is 12.5 Å². The maximum Gasteiger partial charge on any atom is 0.417 e. The van der Waals surface area contributed by atoms with E-state index in [1.54, 1.807) is 24.3 Å². The van der Waals surface area contributed by atoms with Crippen LogP contribution < -0.4 is 10.9 Å². The van der Waals surface area contributed by atoms with Gasteiger partial charge in [0, 0.05) is 23.4 Å². The fourth-order valence-electron chi connectivity index (χ4n) is 2.24. The lowest BCUT2D eigenvalue weighted by molar-refractivity contribution is -0.138. The summed E-state index contributed by atoms with van der Waals surface area (Å²) in [5, 5.41) is 2.81. The van der Waals surface area contributed by atoms with E-state index in [9.17, 15) is 22.8 Å². The van der Waals surface area contributed by atoms with Crippen LogP contribution in [0, 0.1) is 0 Å². The van der Waals surface area contributed by atoms with Gasteiger partial charge in [-0.3, -0.25) is 9.59 Å². The van der Waals surface area contributed by atoms with Gasteiger partial charge in [0.05, 0.1) is 12.1 Å². The zero-order valence-corrected chi connectivity index (χ0v) is 14.1. The van der Waals surface area contributed by atoms with Crippen LogP contribution >= 0.6 is 0 Å². The van der Waals surface area contributed by atoms with Crippen LogP contribution in [0.5, 0.6) is 0 Å². The number of alkyl halides is 3. The minimum atomic E-state index is -4.52. The van der Waals surface area contributed by atoms with E-state index in [1.807, 2.05) is 20.8 Å². The molecule has 2 rings (SSSR count). The zero-order chi connectivity index (χ0) is 18.8. The van der Waals surface area contributed by atoms with Crippen molar-refractivity contribution in [2.75, 3.05) is 0 Å². The Bertz CT molecular complexity index is 833. The van der Waals surface area contributed by atoms with Gasteiger partial charge < -0.3 is 9.88 Å². The van der Waals surface area contributed by atoms with Crippen LogP contribution in [0.25, 0.3) is 0 Å². The molecule has 0 aliphatic rings. The van der Waals surface area contributed by atoms with Crippen LogP contribution in [0.2, 0.25) is 0 Å². The third-order valence-electron chi connectivity index (χ3n) is 3.34. The average molecular weight is 352 g/mol. The van der Waals surface area contributed by atoms with Crippen molar-refractivity contribution in [2.45, 2.75) is 39.0 Å². The molecule has 0 fully saturated rings. The second kappa shape index (κ2) is 6.74. The molecule has 0 saturated heterocycles. The number of carbonyl (C=O) groups excluding carboxylic acids is 1. The smallest absolute Gasteiger partial charge is 0.347 e. The second-order valence-electron chi connectivity index (χ2n) is 6.79. The molecule has 1 amide bonds. The summed E-state index contributed by atoms with van der Waals surface area (Å²) in [5.74, 6) is -0.286. The number of benzene rings is 1. The molecule has 1 N–H and O–H groups in total. The SMILES string of the molecule is CC(C)(C)NC(=O)c1cccc(Cn2cc(C(F)(F)F)ccc2=O)c1. The molecule has 1 aromatic carbocycles. The summed E-state index contributed by atoms with van der Waals surface area (Å²) in [5.41, 5.74) is -0.910. The van der Waals surface area contributed by atoms with Gasteiger partial charge in [-0.25, -0.2) is 0 Å². The van der Waals surface area contributed by atoms with E-state index in [1.165, 1.54) is 0 Å². The largest absolute Gasteiger partial charge is 0.417 e. The fourth-order valence-corrected chi connectivity index (χ4v) is 2.24. The molecule has 4 nitrogen and oxygen atoms in total. The van der Waals surface area contributed by atoms with Gasteiger partial charge in [0.15, 0.2) is 0 Å². The first-order valence-corrected chi connectivity index (χ1v) is 7.65. The number of carbonyl (C=O) groups is 1. The molecule has 0 saturated carbocycles. The Hall–Kier alpha value is -2.57. The van der Waals surface area contributed by atoms with Crippen molar-refractivity contribution < 1.29 is 18.0 Å². The molecule has 0 unspecified atom stereocenters. The zero-order valence-electron chi connectivity index (χ0n) is 14.1. The summed E-state index contributed by atoms with van der Waals surface area (Å²) in [6.07, 6.45) is -3.74. The lowest BCUT2D eigenvalue weighted by Gasteiger charge is -2.20. The molecule has 0 spiro atoms. The number of nitrogens with zero attached hydrogens (tertiary/aromatic N) is 1. The van der Waals surface area contributed by atoms with Gasteiger partial charge in [0.1, 0.15) is 0 Å². The molecule has 0 aliphatic carbocycles. The maximum absolute atomic E-state index is 12.8. The van der Waals surface area contributed by atoms with Gasteiger partial charge in [-0.05, 0) is 44.5 Å². The molecular formula is C18H19F3N2O2. The van der Waals surface area contributed by atoms with E-state index in [0.717, 1.165) is 22.9 Å². The minimum absolute atomic E-state index is 0.0562. The summed E-state index contributed by atoms with van der Waals surface area (Å²) < 4.78 is 39.4. The Labute approximate surface area is 143 Å². The molecule has 134 valence electrons. The van der Waals surface area contributed by atoms with E-state index in [0.29, 0.717) is 11.1 Å². The van der Waals surface area contributed by atoms with E-state index >= 15 is 0 Å². The Balaban J connectivity index is 2.29. The number of aromatic nitrogens is 1. The highest BCUT2D eigenvalue weighted by molar-refractivity contribution is 5.94. The van der Waals surface area contributed by atoms with Gasteiger partial charge >= 0.3 is 6.18 Å². The predicted molar refractivity (Wildman–Crippen MR) is 88.5 cm³/mol. The monoisotopic (exact) mass is 352 g/mol. The van der Waals surface area contributed by atoms with Crippen molar-refractivity contribution in [2.24, 2.45) is 0 Å². The average Bonchev–Trinajstić information content (AvgIpc) is 2.47. The van der Waals surface area contributed by atoms with Crippen LogP contribution in [0.3, 0.4) is 0 Å². The van der Waals surface area contributed by atoms with E-state index in [4.69, 9.17) is 0 Å². The van der Waals surface area contributed by atoms with E-state index < -0.39 is 22.8 Å². The summed E-state index contributed by atoms with van der Waals surface area (Å²) in [7, 11) is 0. The first-order valence-electron chi connectivity index (χ1n) is 7.65. The number of rotatable bonds is 3. The van der Waals surface area contributed by atoms with Gasteiger partial charge in [0.25, 0.3) is 11.5 Å². The van der Waals surface area contributed by atoms with Crippen molar-refractivity contribution in [1.29, 1.82) is 0 Å². The third-order valence-corrected chi connectivity index (χ3v) is 3.34. The normalized spacial score (nSPS) is 12.1. The summed E-state index contributed by atoms with van der Waals surface area (Å²) in [6.45, 7) is 5.48. The van der Waals surface area contributed by atoms with Crippen LogP contribution in [0.1, 0.15) is 42.3 Å². The Kier molecular flexibility index (Phi) is 5.06. The minimum Gasteiger partial charge on any atom is -0.347 e. The van der Waals surface area contributed by atoms with Gasteiger partial charge in [-0.15, -0.1) is 0 Å². The van der Waals surface area contributed by atoms with Crippen LogP contribution in [0.15, 0.2) is 47.4 Å². The van der Waals surface area contributed by atoms with E-state index in [2.05, 4.69) is 5.32 Å². The highest BCUT2D eigenvalue weighted by Crippen LogP contribution is 2.28. The van der Waals surface area contributed by atoms with Gasteiger partial charge in [-0.1, -0.05) is 12.1 Å². The van der Waals surface area contributed by atoms with Crippen molar-refractivity contribution in [1.82, 2.24) is 9.88 Å². The molecule has 1 aromatic heterocycles. The van der Waals surface area contributed by atoms with Crippen molar-refractivity contribution in [3.05, 3.63) is 69.6 Å². The quantitative estimate of drug-likeness (QED) is 0.920. The summed E-state index contributed by atoms with van der Waals surface area (Å²) in [6, 6.07) is 8.10. The number of nitrogens with one attached hydrogen (secondary N) is 1. The molecule has 0 bridgehead atoms. The number of amides is 1. The summed E-state index contributed by atoms with van der Waals surface area (Å²) >= 11 is 0. The first-order chi connectivity index (χ1) is 11.5. The van der Waals surface area contributed by atoms with Crippen molar-refractivity contribution in [3.63, 3.8) is 0 Å². The molecule has 0 aliphatic heterocycles. The van der Waals surface area contributed by atoms with Crippen LogP contribution in [0.4, 0.5) is 13.2 Å². The number of hydrogen-bond donors (Lipinski definition) is 1. The number of hydrogen-bond acceptors (Lipinski definition) is 2. The summed E-state index contributed by atoms with van der Waals surface area (Å²) in [4.78, 5) is 24.0. The lowest BCUT2D eigenvalue weighted by atomic mass is 10.1. The fraction of sp³-hybridized carbons (Fsp3) is 0.333. The Morgan fingerprint density at radius 1 is 1.12 bits per heavy atom. The van der Waals surface area contributed by atoms with Crippen molar-refractivity contribution in [3.8, 4) is 0 Å². The molecular weight excluding hydrogens is 333 g/mol. The molecule has 0 atom stereocenters. The highest BCUT2D eigenvalue weighted by Gasteiger charge is 2.31. The van der Waals surface area contributed by atoms with Crippen molar-refractivity contribution >= 4 is 5.91 Å². The Morgan fingerprint density at radius 2 is 1.80 bits per heavy atom. The second-order valence-corrected chi connectivity index (χ2v) is 6.79. The van der Waals surface area contributed by atoms with Crippen LogP contribution in [-0.4, -0.2) is 16.0 Å². The molecule has 1 heterocycles. The number of pyridine rings is 1. The predicted octanol–water partition coefficient (Wildman–Crippen LogP) is 3.44. The van der Waals surface area contributed by atoms with Gasteiger partial charge in [0.2, 0.25) is 0 Å². The Morgan fingerprint density at radius 3 is 2.40 bits per heavy atom. The topological polar surface area (TPSA) is 51.1 Å². The number of halogens is 3.